The fourth-order valence-corrected chi connectivity index (χ4v) is 3.59. The molecule has 0 aromatic heterocycles. The van der Waals surface area contributed by atoms with Crippen molar-refractivity contribution in [1.29, 1.82) is 0 Å². The molecule has 21 heavy (non-hydrogen) atoms. The van der Waals surface area contributed by atoms with Gasteiger partial charge in [0.2, 0.25) is 0 Å². The SMILES string of the molecule is CC1(C)Cc2cc(O)c(O)cc2C1(C)c1ccc(O)cc1. The first-order valence-corrected chi connectivity index (χ1v) is 7.10. The van der Waals surface area contributed by atoms with E-state index >= 15 is 0 Å². The zero-order chi connectivity index (χ0) is 15.4. The van der Waals surface area contributed by atoms with Crippen molar-refractivity contribution in [2.75, 3.05) is 0 Å². The van der Waals surface area contributed by atoms with E-state index in [9.17, 15) is 15.3 Å². The van der Waals surface area contributed by atoms with E-state index in [4.69, 9.17) is 0 Å². The summed E-state index contributed by atoms with van der Waals surface area (Å²) in [4.78, 5) is 0. The minimum absolute atomic E-state index is 0.0630. The monoisotopic (exact) mass is 284 g/mol. The highest BCUT2D eigenvalue weighted by Gasteiger charge is 2.50. The van der Waals surface area contributed by atoms with Gasteiger partial charge < -0.3 is 15.3 Å². The Hall–Kier alpha value is -2.16. The second-order valence-corrected chi connectivity index (χ2v) is 6.73. The molecule has 2 aromatic carbocycles. The van der Waals surface area contributed by atoms with E-state index < -0.39 is 0 Å². The maximum atomic E-state index is 9.89. The van der Waals surface area contributed by atoms with Gasteiger partial charge in [0.1, 0.15) is 5.75 Å². The third-order valence-electron chi connectivity index (χ3n) is 5.17. The van der Waals surface area contributed by atoms with Gasteiger partial charge in [0.05, 0.1) is 0 Å². The van der Waals surface area contributed by atoms with Crippen molar-refractivity contribution < 1.29 is 15.3 Å². The predicted molar refractivity (Wildman–Crippen MR) is 81.8 cm³/mol. The van der Waals surface area contributed by atoms with Gasteiger partial charge in [0.15, 0.2) is 11.5 Å². The van der Waals surface area contributed by atoms with Crippen molar-refractivity contribution in [2.45, 2.75) is 32.6 Å². The summed E-state index contributed by atoms with van der Waals surface area (Å²) in [5.74, 6) is 0.0860. The van der Waals surface area contributed by atoms with E-state index in [2.05, 4.69) is 20.8 Å². The van der Waals surface area contributed by atoms with Crippen molar-refractivity contribution in [2.24, 2.45) is 5.41 Å². The molecule has 2 aromatic rings. The van der Waals surface area contributed by atoms with Crippen molar-refractivity contribution >= 4 is 0 Å². The third kappa shape index (κ3) is 1.80. The van der Waals surface area contributed by atoms with Crippen molar-refractivity contribution in [3.63, 3.8) is 0 Å². The molecule has 3 N–H and O–H groups in total. The lowest BCUT2D eigenvalue weighted by Crippen LogP contribution is -2.36. The molecule has 0 amide bonds. The highest BCUT2D eigenvalue weighted by Crippen LogP contribution is 2.56. The van der Waals surface area contributed by atoms with E-state index in [1.165, 1.54) is 0 Å². The average molecular weight is 284 g/mol. The lowest BCUT2D eigenvalue weighted by Gasteiger charge is -2.40. The molecule has 1 aliphatic rings. The summed E-state index contributed by atoms with van der Waals surface area (Å²) in [6.45, 7) is 6.53. The van der Waals surface area contributed by atoms with Gasteiger partial charge in [-0.25, -0.2) is 0 Å². The molecule has 0 aliphatic heterocycles. The standard InChI is InChI=1S/C18H20O3/c1-17(2)10-11-8-15(20)16(21)9-14(11)18(17,3)12-4-6-13(19)7-5-12/h4-9,19-21H,10H2,1-3H3. The zero-order valence-electron chi connectivity index (χ0n) is 12.5. The molecule has 1 aliphatic carbocycles. The molecule has 0 bridgehead atoms. The minimum Gasteiger partial charge on any atom is -0.508 e. The van der Waals surface area contributed by atoms with Gasteiger partial charge in [0.25, 0.3) is 0 Å². The van der Waals surface area contributed by atoms with E-state index in [0.29, 0.717) is 0 Å². The molecule has 3 rings (SSSR count). The Morgan fingerprint density at radius 2 is 1.43 bits per heavy atom. The topological polar surface area (TPSA) is 60.7 Å². The lowest BCUT2D eigenvalue weighted by molar-refractivity contribution is 0.247. The number of aromatic hydroxyl groups is 3. The van der Waals surface area contributed by atoms with Crippen molar-refractivity contribution in [3.05, 3.63) is 53.1 Å². The second kappa shape index (κ2) is 4.17. The summed E-state index contributed by atoms with van der Waals surface area (Å²) in [6.07, 6.45) is 0.827. The molecule has 1 unspecified atom stereocenters. The third-order valence-corrected chi connectivity index (χ3v) is 5.17. The number of rotatable bonds is 1. The highest BCUT2D eigenvalue weighted by atomic mass is 16.3. The summed E-state index contributed by atoms with van der Waals surface area (Å²) in [6, 6.07) is 10.6. The van der Waals surface area contributed by atoms with Crippen LogP contribution in [0.4, 0.5) is 0 Å². The molecule has 1 atom stereocenters. The van der Waals surface area contributed by atoms with Crippen molar-refractivity contribution in [3.8, 4) is 17.2 Å². The van der Waals surface area contributed by atoms with Crippen LogP contribution in [0.25, 0.3) is 0 Å². The van der Waals surface area contributed by atoms with Crippen molar-refractivity contribution in [1.82, 2.24) is 0 Å². The Morgan fingerprint density at radius 3 is 2.05 bits per heavy atom. The molecule has 3 heteroatoms. The van der Waals surface area contributed by atoms with Crippen LogP contribution in [0.1, 0.15) is 37.5 Å². The molecule has 110 valence electrons. The largest absolute Gasteiger partial charge is 0.508 e. The summed E-state index contributed by atoms with van der Waals surface area (Å²) in [5.41, 5.74) is 2.84. The van der Waals surface area contributed by atoms with Crippen LogP contribution in [0.3, 0.4) is 0 Å². The predicted octanol–water partition coefficient (Wildman–Crippen LogP) is 3.69. The second-order valence-electron chi connectivity index (χ2n) is 6.73. The van der Waals surface area contributed by atoms with Crippen LogP contribution in [0, 0.1) is 5.41 Å². The molecule has 0 spiro atoms. The number of phenolic OH excluding ortho intramolecular Hbond substituents is 3. The van der Waals surface area contributed by atoms with Gasteiger partial charge in [-0.3, -0.25) is 0 Å². The normalized spacial score (nSPS) is 23.0. The number of hydrogen-bond donors (Lipinski definition) is 3. The van der Waals surface area contributed by atoms with Crippen LogP contribution >= 0.6 is 0 Å². The van der Waals surface area contributed by atoms with E-state index in [-0.39, 0.29) is 28.1 Å². The van der Waals surface area contributed by atoms with E-state index in [1.54, 1.807) is 24.3 Å². The van der Waals surface area contributed by atoms with E-state index in [0.717, 1.165) is 23.1 Å². The summed E-state index contributed by atoms with van der Waals surface area (Å²) >= 11 is 0. The summed E-state index contributed by atoms with van der Waals surface area (Å²) < 4.78 is 0. The zero-order valence-corrected chi connectivity index (χ0v) is 12.5. The average Bonchev–Trinajstić information content (AvgIpc) is 2.60. The van der Waals surface area contributed by atoms with Gasteiger partial charge in [-0.15, -0.1) is 0 Å². The van der Waals surface area contributed by atoms with Gasteiger partial charge >= 0.3 is 0 Å². The Bertz CT molecular complexity index is 701. The van der Waals surface area contributed by atoms with Gasteiger partial charge in [-0.2, -0.15) is 0 Å². The molecule has 0 radical (unpaired) electrons. The molecular weight excluding hydrogens is 264 g/mol. The number of phenols is 3. The Balaban J connectivity index is 2.26. The maximum absolute atomic E-state index is 9.89. The van der Waals surface area contributed by atoms with Crippen LogP contribution in [-0.4, -0.2) is 15.3 Å². The highest BCUT2D eigenvalue weighted by molar-refractivity contribution is 5.57. The Kier molecular flexibility index (Phi) is 2.74. The number of fused-ring (bicyclic) bond motifs is 1. The Morgan fingerprint density at radius 1 is 0.857 bits per heavy atom. The van der Waals surface area contributed by atoms with E-state index in [1.807, 2.05) is 12.1 Å². The van der Waals surface area contributed by atoms with Crippen LogP contribution in [0.5, 0.6) is 17.2 Å². The summed E-state index contributed by atoms with van der Waals surface area (Å²) in [5, 5.41) is 29.2. The molecule has 0 saturated heterocycles. The smallest absolute Gasteiger partial charge is 0.157 e. The fourth-order valence-electron chi connectivity index (χ4n) is 3.59. The van der Waals surface area contributed by atoms with Crippen LogP contribution in [0.15, 0.2) is 36.4 Å². The maximum Gasteiger partial charge on any atom is 0.157 e. The first-order chi connectivity index (χ1) is 9.75. The molecule has 3 nitrogen and oxygen atoms in total. The number of hydrogen-bond acceptors (Lipinski definition) is 3. The van der Waals surface area contributed by atoms with Crippen LogP contribution < -0.4 is 0 Å². The lowest BCUT2D eigenvalue weighted by atomic mass is 9.63. The van der Waals surface area contributed by atoms with Gasteiger partial charge in [0, 0.05) is 5.41 Å². The minimum atomic E-state index is -0.290. The quantitative estimate of drug-likeness (QED) is 0.700. The van der Waals surface area contributed by atoms with Crippen LogP contribution in [0.2, 0.25) is 0 Å². The molecule has 0 heterocycles. The molecular formula is C18H20O3. The first kappa shape index (κ1) is 13.8. The number of benzene rings is 2. The Labute approximate surface area is 124 Å². The molecule has 0 saturated carbocycles. The van der Waals surface area contributed by atoms with Gasteiger partial charge in [-0.05, 0) is 52.8 Å². The van der Waals surface area contributed by atoms with Gasteiger partial charge in [-0.1, -0.05) is 32.9 Å². The fraction of sp³-hybridized carbons (Fsp3) is 0.333. The first-order valence-electron chi connectivity index (χ1n) is 7.10. The van der Waals surface area contributed by atoms with Crippen LogP contribution in [-0.2, 0) is 11.8 Å². The summed E-state index contributed by atoms with van der Waals surface area (Å²) in [7, 11) is 0. The molecule has 0 fully saturated rings.